The van der Waals surface area contributed by atoms with Crippen LogP contribution < -0.4 is 5.32 Å². The Balaban J connectivity index is 2.65. The number of allylic oxidation sites excluding steroid dienone is 12. The normalized spacial score (nSPS) is 19.1. The number of hydrogen-bond donors (Lipinski definition) is 6. The van der Waals surface area contributed by atoms with Crippen LogP contribution in [0.5, 0.6) is 0 Å². The molecule has 0 aromatic rings. The maximum Gasteiger partial charge on any atom is 0.306 e. The molecule has 8 atom stereocenters. The molecule has 1 aliphatic heterocycles. The van der Waals surface area contributed by atoms with Crippen LogP contribution in [0.3, 0.4) is 0 Å². The van der Waals surface area contributed by atoms with Gasteiger partial charge in [-0.15, -0.1) is 0 Å². The molecule has 480 valence electrons. The van der Waals surface area contributed by atoms with E-state index in [1.807, 2.05) is 18.2 Å². The minimum atomic E-state index is -1.63. The number of esters is 1. The summed E-state index contributed by atoms with van der Waals surface area (Å²) in [5, 5.41) is 57.0. The number of ether oxygens (including phenoxy) is 3. The van der Waals surface area contributed by atoms with Gasteiger partial charge in [-0.25, -0.2) is 0 Å². The summed E-state index contributed by atoms with van der Waals surface area (Å²) in [5.74, 6) is -1.28. The second-order valence-electron chi connectivity index (χ2n) is 23.5. The van der Waals surface area contributed by atoms with E-state index in [0.717, 1.165) is 77.0 Å². The van der Waals surface area contributed by atoms with Crippen LogP contribution in [0, 0.1) is 0 Å². The van der Waals surface area contributed by atoms with E-state index in [1.165, 1.54) is 173 Å². The van der Waals surface area contributed by atoms with Crippen molar-refractivity contribution in [3.8, 4) is 0 Å². The highest BCUT2D eigenvalue weighted by Gasteiger charge is 2.47. The summed E-state index contributed by atoms with van der Waals surface area (Å²) < 4.78 is 17.6. The quantitative estimate of drug-likeness (QED) is 0.0195. The average Bonchev–Trinajstić information content (AvgIpc) is 3.54. The Morgan fingerprint density at radius 1 is 0.482 bits per heavy atom. The Hall–Kier alpha value is -3.16. The number of carbonyl (C=O) groups excluding carboxylic acids is 2. The van der Waals surface area contributed by atoms with Crippen LogP contribution in [0.2, 0.25) is 0 Å². The molecule has 0 bridgehead atoms. The van der Waals surface area contributed by atoms with Crippen LogP contribution in [0.4, 0.5) is 0 Å². The third-order valence-electron chi connectivity index (χ3n) is 15.8. The molecule has 1 heterocycles. The lowest BCUT2D eigenvalue weighted by molar-refractivity contribution is -0.305. The van der Waals surface area contributed by atoms with E-state index in [4.69, 9.17) is 14.2 Å². The Kier molecular flexibility index (Phi) is 55.5. The van der Waals surface area contributed by atoms with Crippen LogP contribution in [0.25, 0.3) is 0 Å². The second kappa shape index (κ2) is 59.2. The van der Waals surface area contributed by atoms with Crippen LogP contribution in [0.1, 0.15) is 297 Å². The summed E-state index contributed by atoms with van der Waals surface area (Å²) in [6.45, 7) is 5.66. The maximum atomic E-state index is 13.4. The first-order valence-electron chi connectivity index (χ1n) is 34.4. The van der Waals surface area contributed by atoms with E-state index in [0.29, 0.717) is 12.8 Å². The smallest absolute Gasteiger partial charge is 0.306 e. The first-order valence-corrected chi connectivity index (χ1v) is 34.4. The number of aliphatic hydroxyl groups is 5. The summed E-state index contributed by atoms with van der Waals surface area (Å²) in [6.07, 6.45) is 67.9. The highest BCUT2D eigenvalue weighted by molar-refractivity contribution is 5.81. The molecule has 1 rings (SSSR count). The van der Waals surface area contributed by atoms with E-state index in [9.17, 15) is 35.1 Å². The number of hydrogen-bond acceptors (Lipinski definition) is 10. The SMILES string of the molecule is CC/C=C\C/C=C\C/C=C\C/C=C\C/C=C\C/C=C\CC(O)C(=O)NC(COC1OC(CO)C(O)C(O)C1OC(=O)CCCCCCCCCCCCCCCCCCCCCCCCC)C(O)/C=C/CCCCCCCCCCCCC. The molecule has 0 aromatic carbocycles. The van der Waals surface area contributed by atoms with Crippen molar-refractivity contribution in [1.82, 2.24) is 5.32 Å². The molecule has 0 saturated carbocycles. The molecule has 6 N–H and O–H groups in total. The second-order valence-corrected chi connectivity index (χ2v) is 23.5. The number of unbranched alkanes of at least 4 members (excludes halogenated alkanes) is 33. The average molecular weight is 1170 g/mol. The fourth-order valence-corrected chi connectivity index (χ4v) is 10.4. The summed E-state index contributed by atoms with van der Waals surface area (Å²) in [5.41, 5.74) is 0. The van der Waals surface area contributed by atoms with E-state index in [2.05, 4.69) is 80.8 Å². The summed E-state index contributed by atoms with van der Waals surface area (Å²) >= 11 is 0. The molecule has 0 spiro atoms. The van der Waals surface area contributed by atoms with Gasteiger partial charge in [0, 0.05) is 12.8 Å². The van der Waals surface area contributed by atoms with Crippen molar-refractivity contribution >= 4 is 11.9 Å². The first kappa shape index (κ1) is 77.9. The van der Waals surface area contributed by atoms with Crippen molar-refractivity contribution in [2.24, 2.45) is 0 Å². The zero-order chi connectivity index (χ0) is 60.3. The third-order valence-corrected chi connectivity index (χ3v) is 15.8. The molecule has 8 unspecified atom stereocenters. The van der Waals surface area contributed by atoms with Crippen LogP contribution in [-0.2, 0) is 23.8 Å². The lowest BCUT2D eigenvalue weighted by Crippen LogP contribution is -2.61. The van der Waals surface area contributed by atoms with Gasteiger partial charge in [0.05, 0.1) is 25.4 Å². The van der Waals surface area contributed by atoms with Gasteiger partial charge in [-0.1, -0.05) is 311 Å². The van der Waals surface area contributed by atoms with E-state index in [-0.39, 0.29) is 19.4 Å². The van der Waals surface area contributed by atoms with Gasteiger partial charge < -0.3 is 45.1 Å². The van der Waals surface area contributed by atoms with Crippen LogP contribution >= 0.6 is 0 Å². The Bertz CT molecular complexity index is 1670. The van der Waals surface area contributed by atoms with Crippen molar-refractivity contribution in [1.29, 1.82) is 0 Å². The number of carbonyl (C=O) groups is 2. The van der Waals surface area contributed by atoms with E-state index in [1.54, 1.807) is 12.2 Å². The lowest BCUT2D eigenvalue weighted by Gasteiger charge is -2.41. The molecule has 0 aliphatic carbocycles. The van der Waals surface area contributed by atoms with Gasteiger partial charge in [0.25, 0.3) is 0 Å². The molecular weight excluding hydrogens is 1040 g/mol. The largest absolute Gasteiger partial charge is 0.454 e. The fraction of sp³-hybridized carbons (Fsp3) is 0.778. The van der Waals surface area contributed by atoms with E-state index >= 15 is 0 Å². The molecule has 1 fully saturated rings. The summed E-state index contributed by atoms with van der Waals surface area (Å²) in [4.78, 5) is 26.6. The predicted molar refractivity (Wildman–Crippen MR) is 347 cm³/mol. The van der Waals surface area contributed by atoms with Crippen LogP contribution in [-0.4, -0.2) is 99.6 Å². The standard InChI is InChI=1S/C72H127NO10/c1-4-7-10-13-16-19-22-25-27-29-31-32-33-34-35-37-39-42-45-48-51-54-57-60-67(77)83-70-69(79)68(78)66(61-74)82-72(70)81-62-63(64(75)58-55-52-49-46-43-40-24-21-18-15-12-9-6-3)73-71(80)65(76)59-56-53-50-47-44-41-38-36-30-28-26-23-20-17-14-11-8-5-2/h8,11,17,20,26,28,36,38,44,47,53,55-56,58,63-66,68-70,72,74-76,78-79H,4-7,9-10,12-16,18-19,21-25,27,29-35,37,39-43,45-46,48-52,54,57,59-62H2,1-3H3,(H,73,80)/b11-8-,20-17-,28-26-,38-36-,47-44-,56-53-,58-55+. The number of nitrogens with one attached hydrogen (secondary N) is 1. The van der Waals surface area contributed by atoms with Crippen LogP contribution in [0.15, 0.2) is 85.1 Å². The fourth-order valence-electron chi connectivity index (χ4n) is 10.4. The highest BCUT2D eigenvalue weighted by atomic mass is 16.7. The molecule has 11 heteroatoms. The maximum absolute atomic E-state index is 13.4. The molecule has 1 aliphatic rings. The van der Waals surface area contributed by atoms with Crippen molar-refractivity contribution < 1.29 is 49.3 Å². The Morgan fingerprint density at radius 2 is 0.855 bits per heavy atom. The molecule has 1 amide bonds. The summed E-state index contributed by atoms with van der Waals surface area (Å²) in [7, 11) is 0. The summed E-state index contributed by atoms with van der Waals surface area (Å²) in [6, 6.07) is -1.07. The van der Waals surface area contributed by atoms with Crippen molar-refractivity contribution in [2.75, 3.05) is 13.2 Å². The molecule has 11 nitrogen and oxygen atoms in total. The van der Waals surface area contributed by atoms with Crippen molar-refractivity contribution in [2.45, 2.75) is 346 Å². The molecular formula is C72H127NO10. The molecule has 0 radical (unpaired) electrons. The molecule has 1 saturated heterocycles. The van der Waals surface area contributed by atoms with E-state index < -0.39 is 67.4 Å². The minimum Gasteiger partial charge on any atom is -0.454 e. The lowest BCUT2D eigenvalue weighted by atomic mass is 9.99. The third kappa shape index (κ3) is 46.7. The predicted octanol–water partition coefficient (Wildman–Crippen LogP) is 17.3. The molecule has 83 heavy (non-hydrogen) atoms. The van der Waals surface area contributed by atoms with Crippen molar-refractivity contribution in [3.63, 3.8) is 0 Å². The zero-order valence-corrected chi connectivity index (χ0v) is 53.3. The topological polar surface area (TPSA) is 175 Å². The highest BCUT2D eigenvalue weighted by Crippen LogP contribution is 2.26. The number of rotatable bonds is 58. The number of aliphatic hydroxyl groups excluding tert-OH is 5. The van der Waals surface area contributed by atoms with Gasteiger partial charge >= 0.3 is 5.97 Å². The van der Waals surface area contributed by atoms with Gasteiger partial charge in [0.15, 0.2) is 12.4 Å². The van der Waals surface area contributed by atoms with Gasteiger partial charge in [0.1, 0.15) is 24.4 Å². The Labute approximate surface area is 508 Å². The first-order chi connectivity index (χ1) is 40.7. The van der Waals surface area contributed by atoms with Gasteiger partial charge in [-0.3, -0.25) is 9.59 Å². The van der Waals surface area contributed by atoms with Crippen molar-refractivity contribution in [3.05, 3.63) is 85.1 Å². The Morgan fingerprint density at radius 3 is 1.25 bits per heavy atom. The van der Waals surface area contributed by atoms with Gasteiger partial charge in [-0.05, 0) is 57.8 Å². The number of amides is 1. The van der Waals surface area contributed by atoms with Gasteiger partial charge in [0.2, 0.25) is 5.91 Å². The minimum absolute atomic E-state index is 0.0561. The molecule has 0 aromatic heterocycles. The van der Waals surface area contributed by atoms with Gasteiger partial charge in [-0.2, -0.15) is 0 Å². The zero-order valence-electron chi connectivity index (χ0n) is 53.3. The monoisotopic (exact) mass is 1170 g/mol.